The van der Waals surface area contributed by atoms with Crippen molar-refractivity contribution in [2.45, 2.75) is 59.3 Å². The van der Waals surface area contributed by atoms with Crippen molar-refractivity contribution in [2.24, 2.45) is 11.3 Å². The third-order valence-corrected chi connectivity index (χ3v) is 4.47. The maximum atomic E-state index is 2.42. The Morgan fingerprint density at radius 2 is 1.85 bits per heavy atom. The van der Waals surface area contributed by atoms with Crippen LogP contribution in [0.3, 0.4) is 0 Å². The van der Waals surface area contributed by atoms with Gasteiger partial charge < -0.3 is 0 Å². The molecule has 0 N–H and O–H groups in total. The lowest BCUT2D eigenvalue weighted by Gasteiger charge is -2.40. The van der Waals surface area contributed by atoms with Crippen molar-refractivity contribution < 1.29 is 0 Å². The maximum absolute atomic E-state index is 2.42. The lowest BCUT2D eigenvalue weighted by atomic mass is 9.64. The van der Waals surface area contributed by atoms with Crippen LogP contribution in [-0.4, -0.2) is 0 Å². The quantitative estimate of drug-likeness (QED) is 0.525. The van der Waals surface area contributed by atoms with E-state index in [0.29, 0.717) is 5.41 Å². The van der Waals surface area contributed by atoms with Crippen LogP contribution in [0, 0.1) is 11.3 Å². The van der Waals surface area contributed by atoms with E-state index in [0.717, 1.165) is 5.92 Å². The van der Waals surface area contributed by atoms with Gasteiger partial charge in [-0.2, -0.15) is 0 Å². The molecule has 0 saturated heterocycles. The normalized spacial score (nSPS) is 34.2. The van der Waals surface area contributed by atoms with E-state index in [2.05, 4.69) is 20.8 Å². The molecule has 1 saturated carbocycles. The predicted molar refractivity (Wildman–Crippen MR) is 57.7 cm³/mol. The Balaban J connectivity index is 2.34. The fraction of sp³-hybridized carbons (Fsp3) is 0.846. The standard InChI is InChI=1S/C13H22/c1-10(2)13-8-5-4-6-12(13)11(3)7-9-13/h10H,4-9H2,1-3H3. The molecule has 0 heteroatoms. The van der Waals surface area contributed by atoms with Gasteiger partial charge in [-0.3, -0.25) is 0 Å². The van der Waals surface area contributed by atoms with E-state index in [-0.39, 0.29) is 0 Å². The van der Waals surface area contributed by atoms with Crippen molar-refractivity contribution in [2.75, 3.05) is 0 Å². The fourth-order valence-corrected chi connectivity index (χ4v) is 3.54. The van der Waals surface area contributed by atoms with Gasteiger partial charge >= 0.3 is 0 Å². The summed E-state index contributed by atoms with van der Waals surface area (Å²) in [4.78, 5) is 0. The van der Waals surface area contributed by atoms with Crippen LogP contribution in [0.2, 0.25) is 0 Å². The molecule has 2 aliphatic rings. The molecule has 0 radical (unpaired) electrons. The van der Waals surface area contributed by atoms with Crippen molar-refractivity contribution in [3.63, 3.8) is 0 Å². The Hall–Kier alpha value is -0.260. The van der Waals surface area contributed by atoms with Crippen LogP contribution in [0.4, 0.5) is 0 Å². The molecule has 0 amide bonds. The first-order chi connectivity index (χ1) is 6.17. The minimum Gasteiger partial charge on any atom is -0.0735 e. The molecule has 0 nitrogen and oxygen atoms in total. The van der Waals surface area contributed by atoms with Crippen LogP contribution in [0.15, 0.2) is 11.1 Å². The molecule has 0 aromatic heterocycles. The van der Waals surface area contributed by atoms with Gasteiger partial charge in [0.25, 0.3) is 0 Å². The summed E-state index contributed by atoms with van der Waals surface area (Å²) < 4.78 is 0. The first-order valence-electron chi connectivity index (χ1n) is 5.86. The Morgan fingerprint density at radius 3 is 2.46 bits per heavy atom. The van der Waals surface area contributed by atoms with Gasteiger partial charge in [0.05, 0.1) is 0 Å². The van der Waals surface area contributed by atoms with Crippen molar-refractivity contribution in [1.29, 1.82) is 0 Å². The number of hydrogen-bond donors (Lipinski definition) is 0. The van der Waals surface area contributed by atoms with Crippen LogP contribution in [0.1, 0.15) is 59.3 Å². The molecule has 0 aliphatic heterocycles. The zero-order valence-electron chi connectivity index (χ0n) is 9.32. The van der Waals surface area contributed by atoms with Gasteiger partial charge in [0.15, 0.2) is 0 Å². The molecule has 2 rings (SSSR count). The van der Waals surface area contributed by atoms with Gasteiger partial charge in [-0.1, -0.05) is 31.4 Å². The summed E-state index contributed by atoms with van der Waals surface area (Å²) in [5.74, 6) is 0.861. The molecule has 0 aromatic rings. The lowest BCUT2D eigenvalue weighted by Crippen LogP contribution is -2.29. The van der Waals surface area contributed by atoms with Crippen LogP contribution in [-0.2, 0) is 0 Å². The highest BCUT2D eigenvalue weighted by Gasteiger charge is 2.42. The van der Waals surface area contributed by atoms with Crippen molar-refractivity contribution in [3.05, 3.63) is 11.1 Å². The molecule has 0 bridgehead atoms. The van der Waals surface area contributed by atoms with Crippen LogP contribution in [0.5, 0.6) is 0 Å². The SMILES string of the molecule is CC1=C2CCCCC2(C(C)C)CC1. The molecule has 1 unspecified atom stereocenters. The summed E-state index contributed by atoms with van der Waals surface area (Å²) in [6, 6.07) is 0. The summed E-state index contributed by atoms with van der Waals surface area (Å²) in [5.41, 5.74) is 4.23. The minimum absolute atomic E-state index is 0.641. The summed E-state index contributed by atoms with van der Waals surface area (Å²) in [6.07, 6.45) is 8.62. The van der Waals surface area contributed by atoms with E-state index in [9.17, 15) is 0 Å². The molecule has 0 heterocycles. The Kier molecular flexibility index (Phi) is 2.25. The molecular formula is C13H22. The van der Waals surface area contributed by atoms with Crippen LogP contribution in [0.25, 0.3) is 0 Å². The first-order valence-corrected chi connectivity index (χ1v) is 5.86. The maximum Gasteiger partial charge on any atom is -0.00595 e. The van der Waals surface area contributed by atoms with Gasteiger partial charge in [-0.25, -0.2) is 0 Å². The number of hydrogen-bond acceptors (Lipinski definition) is 0. The predicted octanol–water partition coefficient (Wildman–Crippen LogP) is 4.31. The van der Waals surface area contributed by atoms with Crippen LogP contribution >= 0.6 is 0 Å². The van der Waals surface area contributed by atoms with Gasteiger partial charge in [0.2, 0.25) is 0 Å². The third-order valence-electron chi connectivity index (χ3n) is 4.47. The topological polar surface area (TPSA) is 0 Å². The van der Waals surface area contributed by atoms with Crippen molar-refractivity contribution in [1.82, 2.24) is 0 Å². The summed E-state index contributed by atoms with van der Waals surface area (Å²) in [7, 11) is 0. The highest BCUT2D eigenvalue weighted by molar-refractivity contribution is 5.29. The van der Waals surface area contributed by atoms with Gasteiger partial charge in [0, 0.05) is 0 Å². The fourth-order valence-electron chi connectivity index (χ4n) is 3.54. The van der Waals surface area contributed by atoms with Crippen LogP contribution < -0.4 is 0 Å². The summed E-state index contributed by atoms with van der Waals surface area (Å²) in [5, 5.41) is 0. The molecule has 2 aliphatic carbocycles. The molecular weight excluding hydrogens is 156 g/mol. The molecule has 1 fully saturated rings. The Morgan fingerprint density at radius 1 is 1.08 bits per heavy atom. The van der Waals surface area contributed by atoms with Gasteiger partial charge in [0.1, 0.15) is 0 Å². The highest BCUT2D eigenvalue weighted by Crippen LogP contribution is 2.55. The molecule has 74 valence electrons. The molecule has 0 aromatic carbocycles. The minimum atomic E-state index is 0.641. The van der Waals surface area contributed by atoms with E-state index in [1.54, 1.807) is 5.57 Å². The van der Waals surface area contributed by atoms with E-state index in [1.165, 1.54) is 38.5 Å². The van der Waals surface area contributed by atoms with Crippen molar-refractivity contribution in [3.8, 4) is 0 Å². The van der Waals surface area contributed by atoms with Gasteiger partial charge in [-0.05, 0) is 50.4 Å². The number of allylic oxidation sites excluding steroid dienone is 2. The van der Waals surface area contributed by atoms with Gasteiger partial charge in [-0.15, -0.1) is 0 Å². The highest BCUT2D eigenvalue weighted by atomic mass is 14.5. The van der Waals surface area contributed by atoms with Crippen molar-refractivity contribution >= 4 is 0 Å². The first kappa shape index (κ1) is 9.30. The average molecular weight is 178 g/mol. The second-order valence-corrected chi connectivity index (χ2v) is 5.28. The number of fused-ring (bicyclic) bond motifs is 1. The number of rotatable bonds is 1. The van der Waals surface area contributed by atoms with E-state index >= 15 is 0 Å². The zero-order chi connectivity index (χ0) is 9.47. The zero-order valence-corrected chi connectivity index (χ0v) is 9.32. The van der Waals surface area contributed by atoms with E-state index in [1.807, 2.05) is 5.57 Å². The Labute approximate surface area is 82.4 Å². The molecule has 0 spiro atoms. The smallest absolute Gasteiger partial charge is 0.00595 e. The lowest BCUT2D eigenvalue weighted by molar-refractivity contribution is 0.190. The summed E-state index contributed by atoms with van der Waals surface area (Å²) in [6.45, 7) is 7.21. The average Bonchev–Trinajstić information content (AvgIpc) is 2.46. The van der Waals surface area contributed by atoms with E-state index < -0.39 is 0 Å². The van der Waals surface area contributed by atoms with E-state index in [4.69, 9.17) is 0 Å². The Bertz CT molecular complexity index is 234. The molecule has 1 atom stereocenters. The summed E-state index contributed by atoms with van der Waals surface area (Å²) >= 11 is 0. The molecule has 13 heavy (non-hydrogen) atoms. The second-order valence-electron chi connectivity index (χ2n) is 5.28. The largest absolute Gasteiger partial charge is 0.0735 e. The monoisotopic (exact) mass is 178 g/mol. The third kappa shape index (κ3) is 1.26. The second kappa shape index (κ2) is 3.15.